The highest BCUT2D eigenvalue weighted by Gasteiger charge is 2.19. The summed E-state index contributed by atoms with van der Waals surface area (Å²) < 4.78 is 0.896. The number of nitrogens with zero attached hydrogens (tertiary/aromatic N) is 1. The van der Waals surface area contributed by atoms with Crippen LogP contribution in [0.5, 0.6) is 0 Å². The lowest BCUT2D eigenvalue weighted by molar-refractivity contribution is 0.849. The predicted molar refractivity (Wildman–Crippen MR) is 91.9 cm³/mol. The van der Waals surface area contributed by atoms with E-state index in [9.17, 15) is 0 Å². The highest BCUT2D eigenvalue weighted by Crippen LogP contribution is 2.32. The largest absolute Gasteiger partial charge is 0.335 e. The number of thioether (sulfide) groups is 1. The van der Waals surface area contributed by atoms with Crippen molar-refractivity contribution in [2.75, 3.05) is 11.1 Å². The van der Waals surface area contributed by atoms with E-state index in [1.165, 1.54) is 5.56 Å². The van der Waals surface area contributed by atoms with E-state index in [1.807, 2.05) is 24.3 Å². The van der Waals surface area contributed by atoms with Crippen molar-refractivity contribution in [3.05, 3.63) is 63.6 Å². The van der Waals surface area contributed by atoms with Gasteiger partial charge >= 0.3 is 0 Å². The zero-order valence-electron chi connectivity index (χ0n) is 10.5. The molecule has 0 amide bonds. The Kier molecular flexibility index (Phi) is 4.34. The van der Waals surface area contributed by atoms with Crippen LogP contribution in [0.15, 0.2) is 58.0 Å². The molecule has 0 aromatic heterocycles. The van der Waals surface area contributed by atoms with E-state index in [-0.39, 0.29) is 6.04 Å². The molecule has 1 unspecified atom stereocenters. The number of hydrogen-bond donors (Lipinski definition) is 1. The first-order valence-corrected chi connectivity index (χ1v) is 8.35. The van der Waals surface area contributed by atoms with Crippen LogP contribution in [0.4, 0.5) is 5.69 Å². The predicted octanol–water partition coefficient (Wildman–Crippen LogP) is 5.36. The molecule has 0 fully saturated rings. The maximum Gasteiger partial charge on any atom is 0.161 e. The number of hydrogen-bond acceptors (Lipinski definition) is 3. The SMILES string of the molecule is Clc1cc(NC2=NC(c3ccccc3)CS2)ccc1Br. The molecule has 0 radical (unpaired) electrons. The van der Waals surface area contributed by atoms with E-state index in [0.717, 1.165) is 21.1 Å². The molecular weight excluding hydrogens is 356 g/mol. The molecule has 0 spiro atoms. The van der Waals surface area contributed by atoms with Crippen molar-refractivity contribution in [1.29, 1.82) is 0 Å². The van der Waals surface area contributed by atoms with E-state index in [4.69, 9.17) is 16.6 Å². The van der Waals surface area contributed by atoms with Crippen molar-refractivity contribution < 1.29 is 0 Å². The van der Waals surface area contributed by atoms with Gasteiger partial charge in [-0.3, -0.25) is 4.99 Å². The van der Waals surface area contributed by atoms with Gasteiger partial charge in [0.15, 0.2) is 5.17 Å². The van der Waals surface area contributed by atoms with Gasteiger partial charge in [-0.1, -0.05) is 53.7 Å². The maximum absolute atomic E-state index is 6.09. The van der Waals surface area contributed by atoms with Crippen LogP contribution < -0.4 is 5.32 Å². The molecule has 102 valence electrons. The minimum Gasteiger partial charge on any atom is -0.335 e. The third-order valence-electron chi connectivity index (χ3n) is 3.01. The first-order valence-electron chi connectivity index (χ1n) is 6.20. The fourth-order valence-electron chi connectivity index (χ4n) is 1.99. The summed E-state index contributed by atoms with van der Waals surface area (Å²) in [6.45, 7) is 0. The van der Waals surface area contributed by atoms with E-state index < -0.39 is 0 Å². The van der Waals surface area contributed by atoms with Gasteiger partial charge < -0.3 is 5.32 Å². The second-order valence-corrected chi connectivity index (χ2v) is 6.70. The van der Waals surface area contributed by atoms with Gasteiger partial charge in [0.05, 0.1) is 11.1 Å². The minimum atomic E-state index is 0.231. The Hall–Kier alpha value is -0.970. The fourth-order valence-corrected chi connectivity index (χ4v) is 3.39. The summed E-state index contributed by atoms with van der Waals surface area (Å²) in [5.41, 5.74) is 2.21. The lowest BCUT2D eigenvalue weighted by atomic mass is 10.1. The summed E-state index contributed by atoms with van der Waals surface area (Å²) in [6, 6.07) is 16.4. The highest BCUT2D eigenvalue weighted by molar-refractivity contribution is 9.10. The van der Waals surface area contributed by atoms with Gasteiger partial charge in [0.2, 0.25) is 0 Å². The average molecular weight is 368 g/mol. The molecule has 1 atom stereocenters. The number of halogens is 2. The third-order valence-corrected chi connectivity index (χ3v) is 5.20. The number of rotatable bonds is 2. The van der Waals surface area contributed by atoms with Crippen molar-refractivity contribution in [3.8, 4) is 0 Å². The van der Waals surface area contributed by atoms with Crippen LogP contribution in [0.1, 0.15) is 11.6 Å². The van der Waals surface area contributed by atoms with Gasteiger partial charge in [-0.15, -0.1) is 0 Å². The summed E-state index contributed by atoms with van der Waals surface area (Å²) in [5, 5.41) is 4.95. The topological polar surface area (TPSA) is 24.4 Å². The van der Waals surface area contributed by atoms with E-state index >= 15 is 0 Å². The molecule has 2 nitrogen and oxygen atoms in total. The molecule has 1 N–H and O–H groups in total. The van der Waals surface area contributed by atoms with Crippen LogP contribution in [0.25, 0.3) is 0 Å². The Labute approximate surface area is 135 Å². The van der Waals surface area contributed by atoms with Crippen molar-refractivity contribution in [2.45, 2.75) is 6.04 Å². The number of aliphatic imine (C=N–C) groups is 1. The van der Waals surface area contributed by atoms with Gasteiger partial charge in [-0.05, 0) is 39.7 Å². The first kappa shape index (κ1) is 14.0. The van der Waals surface area contributed by atoms with Gasteiger partial charge in [0, 0.05) is 15.9 Å². The van der Waals surface area contributed by atoms with Gasteiger partial charge in [-0.25, -0.2) is 0 Å². The summed E-state index contributed by atoms with van der Waals surface area (Å²) in [4.78, 5) is 4.72. The normalized spacial score (nSPS) is 17.9. The molecule has 0 saturated heterocycles. The monoisotopic (exact) mass is 366 g/mol. The van der Waals surface area contributed by atoms with Crippen LogP contribution in [0.3, 0.4) is 0 Å². The summed E-state index contributed by atoms with van der Waals surface area (Å²) >= 11 is 11.2. The smallest absolute Gasteiger partial charge is 0.161 e. The van der Waals surface area contributed by atoms with Crippen LogP contribution >= 0.6 is 39.3 Å². The van der Waals surface area contributed by atoms with Crippen molar-refractivity contribution in [3.63, 3.8) is 0 Å². The Morgan fingerprint density at radius 1 is 1.20 bits per heavy atom. The van der Waals surface area contributed by atoms with E-state index in [2.05, 4.69) is 45.5 Å². The van der Waals surface area contributed by atoms with Crippen molar-refractivity contribution in [2.24, 2.45) is 4.99 Å². The second-order valence-electron chi connectivity index (χ2n) is 4.43. The molecule has 5 heteroatoms. The van der Waals surface area contributed by atoms with E-state index in [0.29, 0.717) is 5.02 Å². The summed E-state index contributed by atoms with van der Waals surface area (Å²) in [5.74, 6) is 0.969. The van der Waals surface area contributed by atoms with Crippen molar-refractivity contribution >= 4 is 50.1 Å². The number of amidine groups is 1. The molecule has 20 heavy (non-hydrogen) atoms. The Morgan fingerprint density at radius 2 is 2.00 bits per heavy atom. The molecule has 1 aliphatic heterocycles. The average Bonchev–Trinajstić information content (AvgIpc) is 2.92. The summed E-state index contributed by atoms with van der Waals surface area (Å²) in [6.07, 6.45) is 0. The molecule has 0 aliphatic carbocycles. The van der Waals surface area contributed by atoms with Gasteiger partial charge in [0.25, 0.3) is 0 Å². The van der Waals surface area contributed by atoms with Crippen LogP contribution in [-0.4, -0.2) is 10.9 Å². The molecule has 3 rings (SSSR count). The lowest BCUT2D eigenvalue weighted by Gasteiger charge is -2.06. The maximum atomic E-state index is 6.09. The molecule has 1 heterocycles. The van der Waals surface area contributed by atoms with Crippen LogP contribution in [0, 0.1) is 0 Å². The Balaban J connectivity index is 1.74. The molecule has 2 aromatic carbocycles. The molecular formula is C15H12BrClN2S. The number of anilines is 1. The zero-order valence-corrected chi connectivity index (χ0v) is 13.7. The van der Waals surface area contributed by atoms with Gasteiger partial charge in [0.1, 0.15) is 0 Å². The zero-order chi connectivity index (χ0) is 13.9. The Morgan fingerprint density at radius 3 is 2.75 bits per heavy atom. The molecule has 1 aliphatic rings. The number of nitrogens with one attached hydrogen (secondary N) is 1. The quantitative estimate of drug-likeness (QED) is 0.773. The second kappa shape index (κ2) is 6.20. The molecule has 2 aromatic rings. The van der Waals surface area contributed by atoms with Crippen molar-refractivity contribution in [1.82, 2.24) is 0 Å². The molecule has 0 bridgehead atoms. The van der Waals surface area contributed by atoms with Gasteiger partial charge in [-0.2, -0.15) is 0 Å². The fraction of sp³-hybridized carbons (Fsp3) is 0.133. The first-order chi connectivity index (χ1) is 9.72. The third kappa shape index (κ3) is 3.19. The Bertz CT molecular complexity index is 646. The van der Waals surface area contributed by atoms with Crippen LogP contribution in [-0.2, 0) is 0 Å². The molecule has 0 saturated carbocycles. The standard InChI is InChI=1S/C15H12BrClN2S/c16-12-7-6-11(8-13(12)17)18-15-19-14(9-20-15)10-4-2-1-3-5-10/h1-8,14H,9H2,(H,18,19). The van der Waals surface area contributed by atoms with Crippen LogP contribution in [0.2, 0.25) is 5.02 Å². The lowest BCUT2D eigenvalue weighted by Crippen LogP contribution is -2.04. The number of benzene rings is 2. The van der Waals surface area contributed by atoms with E-state index in [1.54, 1.807) is 11.8 Å². The minimum absolute atomic E-state index is 0.231. The highest BCUT2D eigenvalue weighted by atomic mass is 79.9. The summed E-state index contributed by atoms with van der Waals surface area (Å²) in [7, 11) is 0.